The normalized spacial score (nSPS) is 11.9. The van der Waals surface area contributed by atoms with E-state index in [0.29, 0.717) is 11.3 Å². The van der Waals surface area contributed by atoms with Gasteiger partial charge in [-0.15, -0.1) is 11.3 Å². The molecule has 4 nitrogen and oxygen atoms in total. The first-order valence-electron chi connectivity index (χ1n) is 6.37. The van der Waals surface area contributed by atoms with Crippen molar-refractivity contribution in [1.82, 2.24) is 0 Å². The summed E-state index contributed by atoms with van der Waals surface area (Å²) in [7, 11) is 1.37. The molecule has 2 rings (SSSR count). The number of ether oxygens (including phenoxy) is 1. The number of methoxy groups -OCH3 is 1. The summed E-state index contributed by atoms with van der Waals surface area (Å²) in [6.07, 6.45) is 0.905. The third kappa shape index (κ3) is 3.51. The van der Waals surface area contributed by atoms with E-state index in [1.165, 1.54) is 12.0 Å². The summed E-state index contributed by atoms with van der Waals surface area (Å²) in [5.41, 5.74) is 7.48. The highest BCUT2D eigenvalue weighted by Gasteiger charge is 2.14. The molecule has 1 aromatic carbocycles. The van der Waals surface area contributed by atoms with Crippen molar-refractivity contribution >= 4 is 28.7 Å². The van der Waals surface area contributed by atoms with Gasteiger partial charge >= 0.3 is 5.97 Å². The van der Waals surface area contributed by atoms with Crippen LogP contribution in [0.1, 0.15) is 22.2 Å². The van der Waals surface area contributed by atoms with E-state index in [9.17, 15) is 4.79 Å². The second-order valence-corrected chi connectivity index (χ2v) is 5.66. The Labute approximate surface area is 122 Å². The molecule has 1 aromatic heterocycles. The van der Waals surface area contributed by atoms with E-state index in [0.717, 1.165) is 12.1 Å². The van der Waals surface area contributed by atoms with E-state index in [1.807, 2.05) is 12.1 Å². The topological polar surface area (TPSA) is 64.3 Å². The molecular weight excluding hydrogens is 272 g/mol. The quantitative estimate of drug-likeness (QED) is 0.656. The standard InChI is InChI=1S/C15H18N2O2S/c1-10(8-12-4-3-7-20-12)17-14-6-5-11(16)9-13(14)15(18)19-2/h3-7,9-10,17H,8,16H2,1-2H3. The Bertz CT molecular complexity index is 582. The maximum absolute atomic E-state index is 11.8. The van der Waals surface area contributed by atoms with Gasteiger partial charge in [-0.2, -0.15) is 0 Å². The van der Waals surface area contributed by atoms with E-state index in [1.54, 1.807) is 23.5 Å². The van der Waals surface area contributed by atoms with Crippen molar-refractivity contribution in [1.29, 1.82) is 0 Å². The lowest BCUT2D eigenvalue weighted by Crippen LogP contribution is -2.20. The molecule has 0 aliphatic heterocycles. The highest BCUT2D eigenvalue weighted by molar-refractivity contribution is 7.09. The first-order valence-corrected chi connectivity index (χ1v) is 7.25. The van der Waals surface area contributed by atoms with Crippen molar-refractivity contribution in [3.8, 4) is 0 Å². The fraction of sp³-hybridized carbons (Fsp3) is 0.267. The van der Waals surface area contributed by atoms with E-state index < -0.39 is 0 Å². The lowest BCUT2D eigenvalue weighted by Gasteiger charge is -2.17. The van der Waals surface area contributed by atoms with Crippen LogP contribution in [0.3, 0.4) is 0 Å². The van der Waals surface area contributed by atoms with Crippen LogP contribution in [0.5, 0.6) is 0 Å². The molecule has 3 N–H and O–H groups in total. The summed E-state index contributed by atoms with van der Waals surface area (Å²) in [5.74, 6) is -0.386. The number of thiophene rings is 1. The number of esters is 1. The van der Waals surface area contributed by atoms with Crippen molar-refractivity contribution in [3.63, 3.8) is 0 Å². The summed E-state index contributed by atoms with van der Waals surface area (Å²) < 4.78 is 4.79. The zero-order valence-corrected chi connectivity index (χ0v) is 12.4. The van der Waals surface area contributed by atoms with Crippen LogP contribution in [0.15, 0.2) is 35.7 Å². The van der Waals surface area contributed by atoms with Crippen molar-refractivity contribution in [2.24, 2.45) is 0 Å². The number of nitrogens with one attached hydrogen (secondary N) is 1. The van der Waals surface area contributed by atoms with Crippen molar-refractivity contribution in [2.45, 2.75) is 19.4 Å². The summed E-state index contributed by atoms with van der Waals surface area (Å²) >= 11 is 1.73. The minimum atomic E-state index is -0.386. The maximum atomic E-state index is 11.8. The Balaban J connectivity index is 2.14. The van der Waals surface area contributed by atoms with Gasteiger partial charge in [-0.25, -0.2) is 4.79 Å². The second-order valence-electron chi connectivity index (χ2n) is 4.63. The number of nitrogen functional groups attached to an aromatic ring is 1. The first kappa shape index (κ1) is 14.4. The number of hydrogen-bond donors (Lipinski definition) is 2. The average Bonchev–Trinajstić information content (AvgIpc) is 2.92. The van der Waals surface area contributed by atoms with Gasteiger partial charge in [-0.1, -0.05) is 6.07 Å². The van der Waals surface area contributed by atoms with Crippen LogP contribution < -0.4 is 11.1 Å². The smallest absolute Gasteiger partial charge is 0.340 e. The zero-order valence-electron chi connectivity index (χ0n) is 11.6. The molecule has 0 aliphatic rings. The zero-order chi connectivity index (χ0) is 14.5. The predicted octanol–water partition coefficient (Wildman–Crippen LogP) is 3.16. The summed E-state index contributed by atoms with van der Waals surface area (Å²) in [6.45, 7) is 2.08. The summed E-state index contributed by atoms with van der Waals surface area (Å²) in [4.78, 5) is 13.1. The van der Waals surface area contributed by atoms with Crippen LogP contribution in [-0.2, 0) is 11.2 Å². The molecule has 0 bridgehead atoms. The lowest BCUT2D eigenvalue weighted by atomic mass is 10.1. The molecule has 5 heteroatoms. The fourth-order valence-corrected chi connectivity index (χ4v) is 2.85. The monoisotopic (exact) mass is 290 g/mol. The maximum Gasteiger partial charge on any atom is 0.340 e. The van der Waals surface area contributed by atoms with Crippen LogP contribution in [0.25, 0.3) is 0 Å². The van der Waals surface area contributed by atoms with Crippen LogP contribution in [0.4, 0.5) is 11.4 Å². The molecule has 0 aliphatic carbocycles. The number of anilines is 2. The largest absolute Gasteiger partial charge is 0.465 e. The third-order valence-corrected chi connectivity index (χ3v) is 3.84. The number of carbonyl (C=O) groups excluding carboxylic acids is 1. The Kier molecular flexibility index (Phi) is 4.63. The first-order chi connectivity index (χ1) is 9.60. The van der Waals surface area contributed by atoms with Crippen LogP contribution in [0.2, 0.25) is 0 Å². The SMILES string of the molecule is COC(=O)c1cc(N)ccc1NC(C)Cc1cccs1. The van der Waals surface area contributed by atoms with Gasteiger partial charge < -0.3 is 15.8 Å². The van der Waals surface area contributed by atoms with Crippen molar-refractivity contribution < 1.29 is 9.53 Å². The van der Waals surface area contributed by atoms with Gasteiger partial charge in [-0.3, -0.25) is 0 Å². The molecule has 0 saturated heterocycles. The molecule has 1 atom stereocenters. The number of rotatable bonds is 5. The highest BCUT2D eigenvalue weighted by atomic mass is 32.1. The van der Waals surface area contributed by atoms with E-state index in [-0.39, 0.29) is 12.0 Å². The Morgan fingerprint density at radius 1 is 1.45 bits per heavy atom. The van der Waals surface area contributed by atoms with Crippen LogP contribution in [0, 0.1) is 0 Å². The van der Waals surface area contributed by atoms with Gasteiger partial charge in [0, 0.05) is 28.7 Å². The molecule has 20 heavy (non-hydrogen) atoms. The van der Waals surface area contributed by atoms with Crippen molar-refractivity contribution in [3.05, 3.63) is 46.2 Å². The second kappa shape index (κ2) is 6.43. The predicted molar refractivity (Wildman–Crippen MR) is 83.3 cm³/mol. The Morgan fingerprint density at radius 3 is 2.90 bits per heavy atom. The molecule has 0 spiro atoms. The molecule has 2 aromatic rings. The van der Waals surface area contributed by atoms with Crippen molar-refractivity contribution in [2.75, 3.05) is 18.2 Å². The van der Waals surface area contributed by atoms with Gasteiger partial charge in [0.2, 0.25) is 0 Å². The molecule has 106 valence electrons. The van der Waals surface area contributed by atoms with Gasteiger partial charge in [0.25, 0.3) is 0 Å². The minimum Gasteiger partial charge on any atom is -0.465 e. The molecule has 0 amide bonds. The minimum absolute atomic E-state index is 0.209. The van der Waals surface area contributed by atoms with Crippen LogP contribution >= 0.6 is 11.3 Å². The van der Waals surface area contributed by atoms with Gasteiger partial charge in [-0.05, 0) is 36.6 Å². The molecule has 0 saturated carbocycles. The Hall–Kier alpha value is -2.01. The summed E-state index contributed by atoms with van der Waals surface area (Å²) in [5, 5.41) is 5.40. The molecule has 1 unspecified atom stereocenters. The molecule has 0 fully saturated rings. The van der Waals surface area contributed by atoms with E-state index >= 15 is 0 Å². The number of benzene rings is 1. The van der Waals surface area contributed by atoms with Gasteiger partial charge in [0.15, 0.2) is 0 Å². The molecular formula is C15H18N2O2S. The molecule has 1 heterocycles. The average molecular weight is 290 g/mol. The van der Waals surface area contributed by atoms with Gasteiger partial charge in [0.1, 0.15) is 0 Å². The Morgan fingerprint density at radius 2 is 2.25 bits per heavy atom. The molecule has 0 radical (unpaired) electrons. The third-order valence-electron chi connectivity index (χ3n) is 2.94. The number of carbonyl (C=O) groups is 1. The van der Waals surface area contributed by atoms with Gasteiger partial charge in [0.05, 0.1) is 12.7 Å². The summed E-state index contributed by atoms with van der Waals surface area (Å²) in [6, 6.07) is 9.56. The van der Waals surface area contributed by atoms with E-state index in [4.69, 9.17) is 10.5 Å². The lowest BCUT2D eigenvalue weighted by molar-refractivity contribution is 0.0602. The van der Waals surface area contributed by atoms with Crippen LogP contribution in [-0.4, -0.2) is 19.1 Å². The highest BCUT2D eigenvalue weighted by Crippen LogP contribution is 2.22. The number of hydrogen-bond acceptors (Lipinski definition) is 5. The fourth-order valence-electron chi connectivity index (χ4n) is 2.01. The van der Waals surface area contributed by atoms with E-state index in [2.05, 4.69) is 23.7 Å². The number of nitrogens with two attached hydrogens (primary N) is 1.